The molecule has 1 rings (SSSR count). The van der Waals surface area contributed by atoms with Gasteiger partial charge in [-0.15, -0.1) is 0 Å². The number of carbonyl (C=O) groups is 1. The molecule has 0 heterocycles. The maximum Gasteiger partial charge on any atom is 0.410 e. The Bertz CT molecular complexity index is 370. The molecule has 0 atom stereocenters. The Morgan fingerprint density at radius 1 is 1.38 bits per heavy atom. The molecule has 0 aromatic heterocycles. The Morgan fingerprint density at radius 3 is 2.43 bits per heavy atom. The van der Waals surface area contributed by atoms with Crippen LogP contribution in [0.3, 0.4) is 0 Å². The summed E-state index contributed by atoms with van der Waals surface area (Å²) in [6.45, 7) is 11.1. The average Bonchev–Trinajstić information content (AvgIpc) is 3.14. The molecule has 0 aromatic rings. The zero-order valence-corrected chi connectivity index (χ0v) is 14.2. The van der Waals surface area contributed by atoms with Gasteiger partial charge in [0, 0.05) is 32.2 Å². The summed E-state index contributed by atoms with van der Waals surface area (Å²) >= 11 is 0. The second-order valence-electron chi connectivity index (χ2n) is 6.70. The minimum atomic E-state index is -0.452. The zero-order chi connectivity index (χ0) is 16.0. The monoisotopic (exact) mass is 298 g/mol. The van der Waals surface area contributed by atoms with Crippen molar-refractivity contribution in [2.24, 2.45) is 4.99 Å². The van der Waals surface area contributed by atoms with E-state index in [0.29, 0.717) is 25.2 Å². The van der Waals surface area contributed by atoms with E-state index >= 15 is 0 Å². The molecular formula is C15H30N4O2. The van der Waals surface area contributed by atoms with Crippen LogP contribution in [0.2, 0.25) is 0 Å². The van der Waals surface area contributed by atoms with E-state index in [1.807, 2.05) is 25.7 Å². The van der Waals surface area contributed by atoms with Gasteiger partial charge >= 0.3 is 6.09 Å². The van der Waals surface area contributed by atoms with E-state index in [1.165, 1.54) is 0 Å². The molecule has 0 aliphatic heterocycles. The van der Waals surface area contributed by atoms with Gasteiger partial charge in [0.1, 0.15) is 5.60 Å². The van der Waals surface area contributed by atoms with Crippen molar-refractivity contribution in [2.45, 2.75) is 65.1 Å². The fourth-order valence-corrected chi connectivity index (χ4v) is 1.89. The van der Waals surface area contributed by atoms with Gasteiger partial charge in [0.05, 0.1) is 0 Å². The highest BCUT2D eigenvalue weighted by atomic mass is 16.6. The van der Waals surface area contributed by atoms with Gasteiger partial charge in [0.2, 0.25) is 0 Å². The van der Waals surface area contributed by atoms with Crippen LogP contribution < -0.4 is 10.6 Å². The number of aliphatic imine (C=N–C) groups is 1. The molecule has 0 bridgehead atoms. The first-order chi connectivity index (χ1) is 9.73. The molecule has 0 unspecified atom stereocenters. The predicted octanol–water partition coefficient (Wildman–Crippen LogP) is 1.96. The first kappa shape index (κ1) is 17.6. The fraction of sp³-hybridized carbons (Fsp3) is 0.867. The molecule has 1 amide bonds. The molecule has 6 nitrogen and oxygen atoms in total. The molecule has 1 saturated carbocycles. The summed E-state index contributed by atoms with van der Waals surface area (Å²) in [5.41, 5.74) is -0.452. The molecule has 1 fully saturated rings. The van der Waals surface area contributed by atoms with Crippen molar-refractivity contribution in [2.75, 3.05) is 20.1 Å². The Hall–Kier alpha value is -1.46. The van der Waals surface area contributed by atoms with Crippen molar-refractivity contribution >= 4 is 12.1 Å². The molecule has 6 heteroatoms. The maximum atomic E-state index is 12.2. The highest BCUT2D eigenvalue weighted by Crippen LogP contribution is 2.27. The smallest absolute Gasteiger partial charge is 0.410 e. The van der Waals surface area contributed by atoms with Crippen molar-refractivity contribution in [3.63, 3.8) is 0 Å². The van der Waals surface area contributed by atoms with Crippen LogP contribution >= 0.6 is 0 Å². The Labute approximate surface area is 128 Å². The highest BCUT2D eigenvalue weighted by molar-refractivity contribution is 5.79. The normalized spacial score (nSPS) is 15.9. The maximum absolute atomic E-state index is 12.2. The average molecular weight is 298 g/mol. The zero-order valence-electron chi connectivity index (χ0n) is 14.2. The summed E-state index contributed by atoms with van der Waals surface area (Å²) in [6.07, 6.45) is 1.91. The van der Waals surface area contributed by atoms with Crippen LogP contribution in [0.5, 0.6) is 0 Å². The SMILES string of the molecule is CN=C(NCCN(C(=O)OC(C)(C)C)C1CC1)NC(C)C. The Morgan fingerprint density at radius 2 is 2.00 bits per heavy atom. The standard InChI is InChI=1S/C15H30N4O2/c1-11(2)18-13(16-6)17-9-10-19(12-7-8-12)14(20)21-15(3,4)5/h11-12H,7-10H2,1-6H3,(H2,16,17,18). The molecular weight excluding hydrogens is 268 g/mol. The lowest BCUT2D eigenvalue weighted by molar-refractivity contribution is 0.0238. The van der Waals surface area contributed by atoms with Gasteiger partial charge in [-0.1, -0.05) is 0 Å². The molecule has 122 valence electrons. The van der Waals surface area contributed by atoms with Gasteiger partial charge < -0.3 is 20.3 Å². The molecule has 0 aromatic carbocycles. The van der Waals surface area contributed by atoms with E-state index in [2.05, 4.69) is 29.5 Å². The molecule has 2 N–H and O–H groups in total. The minimum Gasteiger partial charge on any atom is -0.444 e. The number of nitrogens with one attached hydrogen (secondary N) is 2. The van der Waals surface area contributed by atoms with Gasteiger partial charge in [-0.05, 0) is 47.5 Å². The van der Waals surface area contributed by atoms with Crippen LogP contribution in [0.25, 0.3) is 0 Å². The minimum absolute atomic E-state index is 0.224. The van der Waals surface area contributed by atoms with Gasteiger partial charge in [0.25, 0.3) is 0 Å². The highest BCUT2D eigenvalue weighted by Gasteiger charge is 2.34. The summed E-state index contributed by atoms with van der Waals surface area (Å²) < 4.78 is 5.46. The number of amides is 1. The Balaban J connectivity index is 2.43. The number of guanidine groups is 1. The number of rotatable bonds is 5. The van der Waals surface area contributed by atoms with E-state index < -0.39 is 5.60 Å². The number of ether oxygens (including phenoxy) is 1. The number of hydrogen-bond donors (Lipinski definition) is 2. The summed E-state index contributed by atoms with van der Waals surface area (Å²) in [5, 5.41) is 6.44. The second-order valence-corrected chi connectivity index (χ2v) is 6.70. The molecule has 0 radical (unpaired) electrons. The van der Waals surface area contributed by atoms with Crippen LogP contribution in [0.4, 0.5) is 4.79 Å². The lowest BCUT2D eigenvalue weighted by atomic mass is 10.2. The third kappa shape index (κ3) is 7.20. The van der Waals surface area contributed by atoms with E-state index in [4.69, 9.17) is 4.74 Å². The summed E-state index contributed by atoms with van der Waals surface area (Å²) in [4.78, 5) is 18.2. The van der Waals surface area contributed by atoms with E-state index in [-0.39, 0.29) is 6.09 Å². The third-order valence-electron chi connectivity index (χ3n) is 2.91. The van der Waals surface area contributed by atoms with Crippen molar-refractivity contribution < 1.29 is 9.53 Å². The summed E-state index contributed by atoms with van der Waals surface area (Å²) in [5.74, 6) is 0.755. The van der Waals surface area contributed by atoms with E-state index in [9.17, 15) is 4.79 Å². The fourth-order valence-electron chi connectivity index (χ4n) is 1.89. The van der Waals surface area contributed by atoms with Gasteiger partial charge in [-0.2, -0.15) is 0 Å². The Kier molecular flexibility index (Phi) is 6.30. The van der Waals surface area contributed by atoms with E-state index in [1.54, 1.807) is 7.05 Å². The first-order valence-electron chi connectivity index (χ1n) is 7.69. The van der Waals surface area contributed by atoms with E-state index in [0.717, 1.165) is 18.8 Å². The van der Waals surface area contributed by atoms with Crippen molar-refractivity contribution in [3.8, 4) is 0 Å². The number of carbonyl (C=O) groups excluding carboxylic acids is 1. The van der Waals surface area contributed by atoms with Crippen LogP contribution in [0.15, 0.2) is 4.99 Å². The van der Waals surface area contributed by atoms with Gasteiger partial charge in [-0.25, -0.2) is 4.79 Å². The summed E-state index contributed by atoms with van der Waals surface area (Å²) in [7, 11) is 1.74. The molecule has 0 spiro atoms. The molecule has 0 saturated heterocycles. The predicted molar refractivity (Wildman–Crippen MR) is 85.6 cm³/mol. The van der Waals surface area contributed by atoms with Crippen molar-refractivity contribution in [1.29, 1.82) is 0 Å². The van der Waals surface area contributed by atoms with Crippen molar-refractivity contribution in [1.82, 2.24) is 15.5 Å². The second kappa shape index (κ2) is 7.52. The third-order valence-corrected chi connectivity index (χ3v) is 2.91. The van der Waals surface area contributed by atoms with Crippen molar-refractivity contribution in [3.05, 3.63) is 0 Å². The first-order valence-corrected chi connectivity index (χ1v) is 7.69. The lowest BCUT2D eigenvalue weighted by Crippen LogP contribution is -2.46. The van der Waals surface area contributed by atoms with Crippen LogP contribution in [-0.4, -0.2) is 54.8 Å². The number of hydrogen-bond acceptors (Lipinski definition) is 3. The summed E-state index contributed by atoms with van der Waals surface area (Å²) in [6, 6.07) is 0.656. The lowest BCUT2D eigenvalue weighted by Gasteiger charge is -2.27. The van der Waals surface area contributed by atoms with Gasteiger partial charge in [0.15, 0.2) is 5.96 Å². The molecule has 1 aliphatic rings. The quantitative estimate of drug-likeness (QED) is 0.601. The molecule has 1 aliphatic carbocycles. The van der Waals surface area contributed by atoms with Crippen LogP contribution in [0, 0.1) is 0 Å². The molecule has 21 heavy (non-hydrogen) atoms. The van der Waals surface area contributed by atoms with Crippen LogP contribution in [0.1, 0.15) is 47.5 Å². The van der Waals surface area contributed by atoms with Crippen LogP contribution in [-0.2, 0) is 4.74 Å². The largest absolute Gasteiger partial charge is 0.444 e. The topological polar surface area (TPSA) is 66.0 Å². The van der Waals surface area contributed by atoms with Gasteiger partial charge in [-0.3, -0.25) is 4.99 Å². The number of nitrogens with zero attached hydrogens (tertiary/aromatic N) is 2.